The van der Waals surface area contributed by atoms with Gasteiger partial charge in [0.2, 0.25) is 0 Å². The normalized spacial score (nSPS) is 18.6. The van der Waals surface area contributed by atoms with E-state index in [9.17, 15) is 22.8 Å². The molecule has 0 radical (unpaired) electrons. The van der Waals surface area contributed by atoms with E-state index in [1.165, 1.54) is 0 Å². The Hall–Kier alpha value is -3.43. The van der Waals surface area contributed by atoms with Crippen molar-refractivity contribution >= 4 is 40.7 Å². The average molecular weight is 576 g/mol. The van der Waals surface area contributed by atoms with E-state index >= 15 is 0 Å². The smallest absolute Gasteiger partial charge is 0.416 e. The van der Waals surface area contributed by atoms with E-state index in [0.717, 1.165) is 29.8 Å². The van der Waals surface area contributed by atoms with E-state index in [4.69, 9.17) is 33.3 Å². The van der Waals surface area contributed by atoms with Crippen LogP contribution in [0.15, 0.2) is 78.9 Å². The number of ether oxygens (including phenoxy) is 2. The first kappa shape index (κ1) is 28.6. The molecule has 39 heavy (non-hydrogen) atoms. The maximum Gasteiger partial charge on any atom is 0.416 e. The summed E-state index contributed by atoms with van der Waals surface area (Å²) in [6.45, 7) is 1.82. The van der Waals surface area contributed by atoms with Gasteiger partial charge in [0.25, 0.3) is 5.91 Å². The quantitative estimate of drug-likeness (QED) is 0.245. The lowest BCUT2D eigenvalue weighted by Gasteiger charge is -2.46. The van der Waals surface area contributed by atoms with Crippen LogP contribution in [0, 0.1) is 5.41 Å². The van der Waals surface area contributed by atoms with Gasteiger partial charge in [-0.15, -0.1) is 0 Å². The number of rotatable bonds is 8. The van der Waals surface area contributed by atoms with Gasteiger partial charge in [-0.2, -0.15) is 13.2 Å². The summed E-state index contributed by atoms with van der Waals surface area (Å²) in [6, 6.07) is 19.4. The summed E-state index contributed by atoms with van der Waals surface area (Å²) < 4.78 is 50.8. The maximum absolute atomic E-state index is 14.1. The molecule has 1 saturated heterocycles. The third kappa shape index (κ3) is 5.51. The van der Waals surface area contributed by atoms with Crippen molar-refractivity contribution < 1.29 is 32.2 Å². The van der Waals surface area contributed by atoms with Gasteiger partial charge in [-0.3, -0.25) is 4.79 Å². The molecule has 1 heterocycles. The summed E-state index contributed by atoms with van der Waals surface area (Å²) in [5.41, 5.74) is -3.00. The number of hydrogen-bond donors (Lipinski definition) is 1. The fraction of sp³-hybridized carbons (Fsp3) is 0.276. The van der Waals surface area contributed by atoms with Crippen molar-refractivity contribution in [2.45, 2.75) is 31.5 Å². The van der Waals surface area contributed by atoms with Crippen molar-refractivity contribution in [3.8, 4) is 0 Å². The molecule has 0 spiro atoms. The van der Waals surface area contributed by atoms with Crippen molar-refractivity contribution in [2.75, 3.05) is 13.2 Å². The Bertz CT molecular complexity index is 1350. The highest BCUT2D eigenvalue weighted by Gasteiger charge is 2.64. The molecule has 1 fully saturated rings. The summed E-state index contributed by atoms with van der Waals surface area (Å²) in [4.78, 5) is 27.8. The van der Waals surface area contributed by atoms with Crippen molar-refractivity contribution in [3.05, 3.63) is 106 Å². The largest absolute Gasteiger partial charge is 0.486 e. The number of alkyl halides is 3. The Balaban J connectivity index is 1.93. The van der Waals surface area contributed by atoms with Gasteiger partial charge < -0.3 is 14.8 Å². The average Bonchev–Trinajstić information content (AvgIpc) is 3.28. The Morgan fingerprint density at radius 3 is 2.15 bits per heavy atom. The highest BCUT2D eigenvalue weighted by molar-refractivity contribution is 7.80. The molecule has 4 rings (SSSR count). The van der Waals surface area contributed by atoms with Gasteiger partial charge in [-0.05, 0) is 79.5 Å². The van der Waals surface area contributed by atoms with E-state index in [1.807, 2.05) is 30.3 Å². The second-order valence-electron chi connectivity index (χ2n) is 9.14. The molecule has 1 N–H and O–H groups in total. The van der Waals surface area contributed by atoms with Crippen molar-refractivity contribution in [1.29, 1.82) is 0 Å². The first-order chi connectivity index (χ1) is 18.5. The van der Waals surface area contributed by atoms with Crippen LogP contribution in [0.5, 0.6) is 0 Å². The molecule has 0 aromatic heterocycles. The zero-order valence-corrected chi connectivity index (χ0v) is 22.5. The van der Waals surface area contributed by atoms with E-state index in [0.29, 0.717) is 10.6 Å². The molecule has 0 saturated carbocycles. The molecule has 2 unspecified atom stereocenters. The van der Waals surface area contributed by atoms with E-state index in [2.05, 4.69) is 5.32 Å². The first-order valence-corrected chi connectivity index (χ1v) is 13.0. The van der Waals surface area contributed by atoms with Gasteiger partial charge >= 0.3 is 12.1 Å². The lowest BCUT2D eigenvalue weighted by Crippen LogP contribution is -2.65. The lowest BCUT2D eigenvalue weighted by atomic mass is 9.62. The number of thiocarbonyl (C=S) groups is 1. The predicted octanol–water partition coefficient (Wildman–Crippen LogP) is 6.52. The van der Waals surface area contributed by atoms with Crippen LogP contribution in [0.25, 0.3) is 0 Å². The van der Waals surface area contributed by atoms with Crippen LogP contribution >= 0.6 is 23.8 Å². The highest BCUT2D eigenvalue weighted by Crippen LogP contribution is 2.51. The summed E-state index contributed by atoms with van der Waals surface area (Å²) in [7, 11) is 0. The van der Waals surface area contributed by atoms with E-state index in [-0.39, 0.29) is 36.7 Å². The Kier molecular flexibility index (Phi) is 8.32. The van der Waals surface area contributed by atoms with Crippen molar-refractivity contribution in [1.82, 2.24) is 5.32 Å². The number of carbonyl (C=O) groups is 2. The number of esters is 1. The fourth-order valence-corrected chi connectivity index (χ4v) is 5.50. The topological polar surface area (TPSA) is 64.6 Å². The Morgan fingerprint density at radius 1 is 1.00 bits per heavy atom. The van der Waals surface area contributed by atoms with Crippen LogP contribution in [-0.4, -0.2) is 30.1 Å². The fourth-order valence-electron chi connectivity index (χ4n) is 4.96. The van der Waals surface area contributed by atoms with E-state index < -0.39 is 34.6 Å². The van der Waals surface area contributed by atoms with Crippen LogP contribution in [0.3, 0.4) is 0 Å². The zero-order chi connectivity index (χ0) is 28.3. The Labute approximate surface area is 234 Å². The van der Waals surface area contributed by atoms with Gasteiger partial charge in [0, 0.05) is 10.6 Å². The predicted molar refractivity (Wildman–Crippen MR) is 144 cm³/mol. The van der Waals surface area contributed by atoms with Gasteiger partial charge in [0.05, 0.1) is 24.2 Å². The molecule has 2 atom stereocenters. The molecule has 3 aromatic carbocycles. The molecule has 1 aliphatic rings. The molecule has 5 nitrogen and oxygen atoms in total. The van der Waals surface area contributed by atoms with Gasteiger partial charge in [0.1, 0.15) is 0 Å². The summed E-state index contributed by atoms with van der Waals surface area (Å²) in [5, 5.41) is 3.36. The standard InChI is InChI=1S/C29H25ClF3NO4S/c1-2-37-25(36)28(21-12-14-23(30)15-13-21,34-24(35)20-8-10-22(11-9-20)29(31,32)33)27(16-17-38-26(27)39)18-19-6-4-3-5-7-19/h3-15H,2,16-18H2,1H3,(H,34,35). The molecule has 0 bridgehead atoms. The molecular formula is C29H25ClF3NO4S. The molecule has 10 heteroatoms. The number of benzene rings is 3. The minimum Gasteiger partial charge on any atom is -0.486 e. The van der Waals surface area contributed by atoms with Crippen molar-refractivity contribution in [3.63, 3.8) is 0 Å². The number of carbonyl (C=O) groups excluding carboxylic acids is 2. The SMILES string of the molecule is CCOC(=O)C(NC(=O)c1ccc(C(F)(F)F)cc1)(c1ccc(Cl)cc1)C1(Cc2ccccc2)CCOC1=S. The second kappa shape index (κ2) is 11.4. The van der Waals surface area contributed by atoms with Gasteiger partial charge in [-0.1, -0.05) is 54.1 Å². The molecule has 3 aromatic rings. The summed E-state index contributed by atoms with van der Waals surface area (Å²) >= 11 is 11.9. The van der Waals surface area contributed by atoms with Gasteiger partial charge in [0.15, 0.2) is 10.6 Å². The number of halogens is 4. The first-order valence-electron chi connectivity index (χ1n) is 12.2. The minimum atomic E-state index is -4.57. The summed E-state index contributed by atoms with van der Waals surface area (Å²) in [5.74, 6) is -1.56. The van der Waals surface area contributed by atoms with Crippen LogP contribution in [0.2, 0.25) is 5.02 Å². The second-order valence-corrected chi connectivity index (χ2v) is 9.94. The maximum atomic E-state index is 14.1. The highest BCUT2D eigenvalue weighted by atomic mass is 35.5. The lowest BCUT2D eigenvalue weighted by molar-refractivity contribution is -0.156. The third-order valence-electron chi connectivity index (χ3n) is 6.85. The minimum absolute atomic E-state index is 0.000636. The Morgan fingerprint density at radius 2 is 1.62 bits per heavy atom. The van der Waals surface area contributed by atoms with Crippen LogP contribution in [0.1, 0.15) is 40.4 Å². The van der Waals surface area contributed by atoms with Crippen molar-refractivity contribution in [2.24, 2.45) is 5.41 Å². The number of nitrogens with one attached hydrogen (secondary N) is 1. The molecular weight excluding hydrogens is 551 g/mol. The zero-order valence-electron chi connectivity index (χ0n) is 20.9. The third-order valence-corrected chi connectivity index (χ3v) is 7.61. The number of hydrogen-bond acceptors (Lipinski definition) is 5. The number of amides is 1. The molecule has 1 aliphatic heterocycles. The van der Waals surface area contributed by atoms with E-state index in [1.54, 1.807) is 31.2 Å². The summed E-state index contributed by atoms with van der Waals surface area (Å²) in [6.07, 6.45) is -4.10. The van der Waals surface area contributed by atoms with Crippen LogP contribution < -0.4 is 5.32 Å². The molecule has 1 amide bonds. The monoisotopic (exact) mass is 575 g/mol. The molecule has 0 aliphatic carbocycles. The van der Waals surface area contributed by atoms with Gasteiger partial charge in [-0.25, -0.2) is 4.79 Å². The molecule has 204 valence electrons. The van der Waals surface area contributed by atoms with Crippen LogP contribution in [0.4, 0.5) is 13.2 Å². The van der Waals surface area contributed by atoms with Crippen LogP contribution in [-0.2, 0) is 32.4 Å².